The fraction of sp³-hybridized carbons (Fsp3) is 0.400. The number of methoxy groups -OCH3 is 1. The third-order valence-corrected chi connectivity index (χ3v) is 8.39. The van der Waals surface area contributed by atoms with Crippen molar-refractivity contribution >= 4 is 16.8 Å². The summed E-state index contributed by atoms with van der Waals surface area (Å²) < 4.78 is 21.5. The van der Waals surface area contributed by atoms with E-state index >= 15 is 0 Å². The summed E-state index contributed by atoms with van der Waals surface area (Å²) in [6.45, 7) is 9.63. The topological polar surface area (TPSA) is 49.7 Å². The molecule has 2 heterocycles. The number of halogens is 1. The average Bonchev–Trinajstić information content (AvgIpc) is 3.11. The number of carbonyl (C=O) groups is 1. The second-order valence-electron chi connectivity index (χ2n) is 11.4. The second-order valence-corrected chi connectivity index (χ2v) is 11.4. The van der Waals surface area contributed by atoms with Gasteiger partial charge in [-0.25, -0.2) is 4.39 Å². The van der Waals surface area contributed by atoms with E-state index in [0.717, 1.165) is 86.4 Å². The summed E-state index contributed by atoms with van der Waals surface area (Å²) in [7, 11) is 1.71. The van der Waals surface area contributed by atoms with Gasteiger partial charge >= 0.3 is 0 Å². The van der Waals surface area contributed by atoms with Gasteiger partial charge in [-0.05, 0) is 74.3 Å². The molecule has 6 nitrogen and oxygen atoms in total. The van der Waals surface area contributed by atoms with Crippen LogP contribution in [0.5, 0.6) is 5.75 Å². The van der Waals surface area contributed by atoms with E-state index in [1.165, 1.54) is 11.6 Å². The summed E-state index contributed by atoms with van der Waals surface area (Å²) in [6, 6.07) is 14.2. The molecule has 0 bridgehead atoms. The normalized spacial score (nSPS) is 18.1. The van der Waals surface area contributed by atoms with Crippen molar-refractivity contribution in [2.24, 2.45) is 5.92 Å². The Kier molecular flexibility index (Phi) is 10.3. The van der Waals surface area contributed by atoms with Crippen LogP contribution < -0.4 is 10.1 Å². The minimum Gasteiger partial charge on any atom is -0.495 e. The summed E-state index contributed by atoms with van der Waals surface area (Å²) in [5.41, 5.74) is 4.39. The Labute approximate surface area is 249 Å². The highest BCUT2D eigenvalue weighted by molar-refractivity contribution is 5.92. The molecule has 222 valence electrons. The van der Waals surface area contributed by atoms with E-state index in [-0.39, 0.29) is 17.7 Å². The highest BCUT2D eigenvalue weighted by Crippen LogP contribution is 2.30. The zero-order chi connectivity index (χ0) is 29.3. The van der Waals surface area contributed by atoms with Gasteiger partial charge < -0.3 is 24.4 Å². The number of para-hydroxylation sites is 1. The Balaban J connectivity index is 1.17. The van der Waals surface area contributed by atoms with Crippen LogP contribution in [0.15, 0.2) is 84.9 Å². The van der Waals surface area contributed by atoms with Gasteiger partial charge in [0.25, 0.3) is 0 Å². The molecular weight excluding hydrogens is 527 g/mol. The van der Waals surface area contributed by atoms with Crippen LogP contribution in [-0.4, -0.2) is 66.7 Å². The van der Waals surface area contributed by atoms with E-state index in [0.29, 0.717) is 13.0 Å². The number of fused-ring (bicyclic) bond motifs is 1. The Morgan fingerprint density at radius 1 is 1.00 bits per heavy atom. The van der Waals surface area contributed by atoms with Crippen molar-refractivity contribution in [2.75, 3.05) is 46.4 Å². The van der Waals surface area contributed by atoms with Crippen molar-refractivity contribution in [1.29, 1.82) is 0 Å². The first kappa shape index (κ1) is 29.8. The van der Waals surface area contributed by atoms with Crippen molar-refractivity contribution in [1.82, 2.24) is 19.7 Å². The fourth-order valence-corrected chi connectivity index (χ4v) is 6.06. The van der Waals surface area contributed by atoms with Crippen LogP contribution in [0.25, 0.3) is 10.9 Å². The predicted octanol–water partition coefficient (Wildman–Crippen LogP) is 5.81. The van der Waals surface area contributed by atoms with Gasteiger partial charge in [0.2, 0.25) is 5.91 Å². The van der Waals surface area contributed by atoms with Crippen LogP contribution in [0.4, 0.5) is 4.39 Å². The lowest BCUT2D eigenvalue weighted by Gasteiger charge is -2.23. The molecule has 1 aromatic heterocycles. The minimum absolute atomic E-state index is 0.0190. The van der Waals surface area contributed by atoms with E-state index in [9.17, 15) is 9.18 Å². The molecule has 42 heavy (non-hydrogen) atoms. The molecule has 1 aliphatic heterocycles. The molecule has 5 rings (SSSR count). The predicted molar refractivity (Wildman–Crippen MR) is 168 cm³/mol. The van der Waals surface area contributed by atoms with E-state index in [4.69, 9.17) is 4.74 Å². The number of aryl methyl sites for hydroxylation is 2. The Hall–Kier alpha value is -3.68. The standard InChI is InChI=1S/C35H43FN4O2/c1-27-9-3-4-11-29(27)24-37-34(41)23-30-26-40(35-32(30)13-6-14-33(35)42-2)20-8-18-38-17-7-19-39(22-21-38)25-28-10-5-12-31(36)16-15-28/h3-6,9-16,26,28H,7-8,17-25H2,1-2H3,(H,37,41). The molecule has 7 heteroatoms. The maximum Gasteiger partial charge on any atom is 0.224 e. The third-order valence-electron chi connectivity index (χ3n) is 8.39. The summed E-state index contributed by atoms with van der Waals surface area (Å²) in [6.07, 6.45) is 13.6. The molecular formula is C35H43FN4O2. The maximum absolute atomic E-state index is 13.5. The average molecular weight is 571 g/mol. The smallest absolute Gasteiger partial charge is 0.224 e. The number of nitrogens with zero attached hydrogens (tertiary/aromatic N) is 3. The summed E-state index contributed by atoms with van der Waals surface area (Å²) in [5, 5.41) is 4.17. The number of carbonyl (C=O) groups excluding carboxylic acids is 1. The number of aromatic nitrogens is 1. The first-order valence-corrected chi connectivity index (χ1v) is 15.1. The number of allylic oxidation sites excluding steroid dienone is 4. The van der Waals surface area contributed by atoms with Crippen LogP contribution >= 0.6 is 0 Å². The van der Waals surface area contributed by atoms with Crippen molar-refractivity contribution in [3.63, 3.8) is 0 Å². The molecule has 1 saturated heterocycles. The SMILES string of the molecule is COc1cccc2c(CC(=O)NCc3ccccc3C)cn(CCCN3CCCN(CC4C=CC=C(F)C=C4)CC3)c12. The molecule has 2 aromatic carbocycles. The number of nitrogens with one attached hydrogen (secondary N) is 1. The number of hydrogen-bond donors (Lipinski definition) is 1. The van der Waals surface area contributed by atoms with E-state index in [1.807, 2.05) is 36.4 Å². The summed E-state index contributed by atoms with van der Waals surface area (Å²) >= 11 is 0. The first-order chi connectivity index (χ1) is 20.5. The number of rotatable bonds is 11. The molecule has 1 atom stereocenters. The van der Waals surface area contributed by atoms with Crippen LogP contribution in [0.1, 0.15) is 29.5 Å². The lowest BCUT2D eigenvalue weighted by Crippen LogP contribution is -2.33. The molecule has 3 aromatic rings. The van der Waals surface area contributed by atoms with Gasteiger partial charge in [-0.15, -0.1) is 0 Å². The fourth-order valence-electron chi connectivity index (χ4n) is 6.06. The number of amides is 1. The molecule has 0 radical (unpaired) electrons. The quantitative estimate of drug-likeness (QED) is 0.316. The maximum atomic E-state index is 13.5. The Bertz CT molecular complexity index is 1460. The zero-order valence-electron chi connectivity index (χ0n) is 24.9. The van der Waals surface area contributed by atoms with Crippen LogP contribution in [0, 0.1) is 12.8 Å². The number of hydrogen-bond acceptors (Lipinski definition) is 4. The molecule has 1 fully saturated rings. The van der Waals surface area contributed by atoms with E-state index in [2.05, 4.69) is 57.1 Å². The van der Waals surface area contributed by atoms with Gasteiger partial charge in [0.15, 0.2) is 0 Å². The second kappa shape index (κ2) is 14.5. The summed E-state index contributed by atoms with van der Waals surface area (Å²) in [4.78, 5) is 18.0. The van der Waals surface area contributed by atoms with Gasteiger partial charge in [0.05, 0.1) is 19.0 Å². The molecule has 0 saturated carbocycles. The minimum atomic E-state index is -0.183. The summed E-state index contributed by atoms with van der Waals surface area (Å²) in [5.74, 6) is 0.917. The Morgan fingerprint density at radius 3 is 2.69 bits per heavy atom. The van der Waals surface area contributed by atoms with Crippen molar-refractivity contribution < 1.29 is 13.9 Å². The van der Waals surface area contributed by atoms with Gasteiger partial charge in [-0.3, -0.25) is 4.79 Å². The van der Waals surface area contributed by atoms with E-state index in [1.54, 1.807) is 13.2 Å². The van der Waals surface area contributed by atoms with Gasteiger partial charge in [-0.1, -0.05) is 54.6 Å². The third kappa shape index (κ3) is 7.78. The number of benzene rings is 2. The lowest BCUT2D eigenvalue weighted by atomic mass is 10.1. The molecule has 1 amide bonds. The molecule has 2 aliphatic rings. The van der Waals surface area contributed by atoms with Crippen LogP contribution in [0.2, 0.25) is 0 Å². The van der Waals surface area contributed by atoms with Gasteiger partial charge in [0, 0.05) is 50.2 Å². The van der Waals surface area contributed by atoms with Crippen molar-refractivity contribution in [3.05, 3.63) is 102 Å². The molecule has 1 N–H and O–H groups in total. The van der Waals surface area contributed by atoms with E-state index < -0.39 is 0 Å². The van der Waals surface area contributed by atoms with Crippen LogP contribution in [-0.2, 0) is 24.3 Å². The largest absolute Gasteiger partial charge is 0.495 e. The van der Waals surface area contributed by atoms with Crippen LogP contribution in [0.3, 0.4) is 0 Å². The molecule has 1 aliphatic carbocycles. The highest BCUT2D eigenvalue weighted by atomic mass is 19.1. The molecule has 0 spiro atoms. The van der Waals surface area contributed by atoms with Gasteiger partial charge in [0.1, 0.15) is 11.6 Å². The number of ether oxygens (including phenoxy) is 1. The van der Waals surface area contributed by atoms with Crippen molar-refractivity contribution in [3.8, 4) is 5.75 Å². The molecule has 1 unspecified atom stereocenters. The highest BCUT2D eigenvalue weighted by Gasteiger charge is 2.18. The lowest BCUT2D eigenvalue weighted by molar-refractivity contribution is -0.120. The van der Waals surface area contributed by atoms with Gasteiger partial charge in [-0.2, -0.15) is 0 Å². The first-order valence-electron chi connectivity index (χ1n) is 15.1. The van der Waals surface area contributed by atoms with Crippen molar-refractivity contribution in [2.45, 2.75) is 39.3 Å². The monoisotopic (exact) mass is 570 g/mol. The zero-order valence-corrected chi connectivity index (χ0v) is 24.9. The Morgan fingerprint density at radius 2 is 1.83 bits per heavy atom.